The number of quaternary nitrogens is 1. The van der Waals surface area contributed by atoms with Crippen molar-refractivity contribution in [2.75, 3.05) is 32.8 Å². The highest BCUT2D eigenvalue weighted by Crippen LogP contribution is 2.32. The molecular formula is C28H52NO2+. The lowest BCUT2D eigenvalue weighted by molar-refractivity contribution is -0.970. The SMILES string of the molecule is C=COCC[N+](CC)(CC)C(C)(C)CCOC(C)(C)c1cccc(C(C)(C)C)c1.CC. The lowest BCUT2D eigenvalue weighted by atomic mass is 9.84. The lowest BCUT2D eigenvalue weighted by Gasteiger charge is -2.49. The van der Waals surface area contributed by atoms with Crippen molar-refractivity contribution in [3.05, 3.63) is 48.2 Å². The molecule has 0 N–H and O–H groups in total. The van der Waals surface area contributed by atoms with Crippen molar-refractivity contribution < 1.29 is 14.0 Å². The first-order valence-corrected chi connectivity index (χ1v) is 12.2. The van der Waals surface area contributed by atoms with E-state index in [0.717, 1.165) is 37.1 Å². The van der Waals surface area contributed by atoms with Crippen molar-refractivity contribution in [2.45, 2.75) is 99.1 Å². The standard InChI is InChI=1S/C26H46NO2.C2H6/c1-11-27(12-2,18-20-28-13-3)25(7,8)17-19-29-26(9,10)23-16-14-15-22(21-23)24(4,5)6;1-2/h13-16,21H,3,11-12,17-20H2,1-2,4-10H3;1-2H3/q+1;. The molecule has 0 heterocycles. The fraction of sp³-hybridized carbons (Fsp3) is 0.714. The fourth-order valence-corrected chi connectivity index (χ4v) is 4.25. The van der Waals surface area contributed by atoms with E-state index in [1.165, 1.54) is 11.1 Å². The smallest absolute Gasteiger partial charge is 0.136 e. The monoisotopic (exact) mass is 434 g/mol. The van der Waals surface area contributed by atoms with Crippen LogP contribution in [0.1, 0.15) is 93.7 Å². The maximum absolute atomic E-state index is 6.47. The molecule has 3 nitrogen and oxygen atoms in total. The van der Waals surface area contributed by atoms with E-state index >= 15 is 0 Å². The van der Waals surface area contributed by atoms with Crippen LogP contribution in [-0.4, -0.2) is 42.9 Å². The molecular weight excluding hydrogens is 382 g/mol. The normalized spacial score (nSPS) is 12.7. The van der Waals surface area contributed by atoms with Gasteiger partial charge in [-0.15, -0.1) is 0 Å². The van der Waals surface area contributed by atoms with Gasteiger partial charge in [-0.3, -0.25) is 0 Å². The molecule has 0 bridgehead atoms. The topological polar surface area (TPSA) is 18.5 Å². The molecule has 1 rings (SSSR count). The van der Waals surface area contributed by atoms with Crippen molar-refractivity contribution in [2.24, 2.45) is 0 Å². The van der Waals surface area contributed by atoms with Crippen LogP contribution in [0.2, 0.25) is 0 Å². The third-order valence-electron chi connectivity index (χ3n) is 6.85. The molecule has 0 radical (unpaired) electrons. The zero-order chi connectivity index (χ0) is 24.3. The Labute approximate surface area is 194 Å². The highest BCUT2D eigenvalue weighted by Gasteiger charge is 2.41. The second kappa shape index (κ2) is 12.6. The molecule has 0 unspecified atom stereocenters. The third kappa shape index (κ3) is 8.27. The van der Waals surface area contributed by atoms with Crippen molar-refractivity contribution in [1.82, 2.24) is 0 Å². The lowest BCUT2D eigenvalue weighted by Crippen LogP contribution is -2.63. The van der Waals surface area contributed by atoms with Crippen molar-refractivity contribution in [3.8, 4) is 0 Å². The zero-order valence-electron chi connectivity index (χ0n) is 22.6. The Bertz CT molecular complexity index is 637. The molecule has 180 valence electrons. The average molecular weight is 435 g/mol. The molecule has 0 saturated heterocycles. The van der Waals surface area contributed by atoms with Crippen LogP contribution in [-0.2, 0) is 20.5 Å². The Hall–Kier alpha value is -1.32. The Morgan fingerprint density at radius 3 is 1.94 bits per heavy atom. The summed E-state index contributed by atoms with van der Waals surface area (Å²) >= 11 is 0. The van der Waals surface area contributed by atoms with Crippen molar-refractivity contribution >= 4 is 0 Å². The van der Waals surface area contributed by atoms with E-state index in [9.17, 15) is 0 Å². The Morgan fingerprint density at radius 2 is 1.45 bits per heavy atom. The van der Waals surface area contributed by atoms with Crippen molar-refractivity contribution in [1.29, 1.82) is 0 Å². The number of ether oxygens (including phenoxy) is 2. The van der Waals surface area contributed by atoms with Gasteiger partial charge < -0.3 is 14.0 Å². The third-order valence-corrected chi connectivity index (χ3v) is 6.85. The molecule has 0 aromatic heterocycles. The Morgan fingerprint density at radius 1 is 0.903 bits per heavy atom. The Kier molecular flexibility index (Phi) is 12.1. The first-order chi connectivity index (χ1) is 14.3. The second-order valence-corrected chi connectivity index (χ2v) is 10.3. The number of benzene rings is 1. The summed E-state index contributed by atoms with van der Waals surface area (Å²) in [5.74, 6) is 0. The number of hydrogen-bond acceptors (Lipinski definition) is 2. The van der Waals surface area contributed by atoms with Crippen LogP contribution >= 0.6 is 0 Å². The van der Waals surface area contributed by atoms with E-state index in [0.29, 0.717) is 6.61 Å². The summed E-state index contributed by atoms with van der Waals surface area (Å²) in [5.41, 5.74) is 2.53. The van der Waals surface area contributed by atoms with E-state index in [2.05, 4.69) is 93.2 Å². The molecule has 0 aliphatic rings. The molecule has 1 aromatic carbocycles. The molecule has 0 saturated carbocycles. The van der Waals surface area contributed by atoms with Gasteiger partial charge >= 0.3 is 0 Å². The largest absolute Gasteiger partial charge is 0.496 e. The Balaban J connectivity index is 0.00000436. The number of likely N-dealkylation sites (N-methyl/N-ethyl adjacent to an activating group) is 1. The molecule has 3 heteroatoms. The molecule has 0 aliphatic carbocycles. The molecule has 0 atom stereocenters. The summed E-state index contributed by atoms with van der Waals surface area (Å²) in [6, 6.07) is 8.85. The number of hydrogen-bond donors (Lipinski definition) is 0. The van der Waals surface area contributed by atoms with E-state index in [1.54, 1.807) is 6.26 Å². The average Bonchev–Trinajstić information content (AvgIpc) is 2.72. The van der Waals surface area contributed by atoms with Gasteiger partial charge in [0.1, 0.15) is 13.2 Å². The summed E-state index contributed by atoms with van der Waals surface area (Å²) in [6.45, 7) is 32.7. The van der Waals surface area contributed by atoms with Crippen LogP contribution in [0.3, 0.4) is 0 Å². The van der Waals surface area contributed by atoms with E-state index in [4.69, 9.17) is 9.47 Å². The van der Waals surface area contributed by atoms with Crippen LogP contribution in [0.15, 0.2) is 37.1 Å². The summed E-state index contributed by atoms with van der Waals surface area (Å²) in [5, 5.41) is 0. The van der Waals surface area contributed by atoms with Crippen LogP contribution in [0.25, 0.3) is 0 Å². The maximum atomic E-state index is 6.47. The van der Waals surface area contributed by atoms with Gasteiger partial charge in [-0.2, -0.15) is 0 Å². The predicted octanol–water partition coefficient (Wildman–Crippen LogP) is 7.45. The van der Waals surface area contributed by atoms with E-state index in [-0.39, 0.29) is 16.6 Å². The maximum Gasteiger partial charge on any atom is 0.136 e. The van der Waals surface area contributed by atoms with Gasteiger partial charge in [0.15, 0.2) is 0 Å². The van der Waals surface area contributed by atoms with E-state index in [1.807, 2.05) is 13.8 Å². The molecule has 0 aliphatic heterocycles. The van der Waals surface area contributed by atoms with Crippen LogP contribution < -0.4 is 0 Å². The van der Waals surface area contributed by atoms with Crippen molar-refractivity contribution in [3.63, 3.8) is 0 Å². The number of rotatable bonds is 12. The molecule has 1 aromatic rings. The summed E-state index contributed by atoms with van der Waals surface area (Å²) in [4.78, 5) is 0. The summed E-state index contributed by atoms with van der Waals surface area (Å²) in [6.07, 6.45) is 2.55. The van der Waals surface area contributed by atoms with Gasteiger partial charge in [0, 0.05) is 6.42 Å². The predicted molar refractivity (Wildman–Crippen MR) is 137 cm³/mol. The minimum atomic E-state index is -0.308. The van der Waals surface area contributed by atoms with E-state index < -0.39 is 0 Å². The molecule has 0 fully saturated rings. The first kappa shape index (κ1) is 29.7. The van der Waals surface area contributed by atoms with Gasteiger partial charge in [0.25, 0.3) is 0 Å². The van der Waals surface area contributed by atoms with Crippen LogP contribution in [0.5, 0.6) is 0 Å². The number of nitrogens with zero attached hydrogens (tertiary/aromatic N) is 1. The fourth-order valence-electron chi connectivity index (χ4n) is 4.25. The van der Waals surface area contributed by atoms with Crippen LogP contribution in [0.4, 0.5) is 0 Å². The molecule has 31 heavy (non-hydrogen) atoms. The zero-order valence-corrected chi connectivity index (χ0v) is 22.6. The summed E-state index contributed by atoms with van der Waals surface area (Å²) in [7, 11) is 0. The van der Waals surface area contributed by atoms with Gasteiger partial charge in [-0.25, -0.2) is 0 Å². The summed E-state index contributed by atoms with van der Waals surface area (Å²) < 4.78 is 12.9. The van der Waals surface area contributed by atoms with Gasteiger partial charge in [0.05, 0.1) is 37.1 Å². The van der Waals surface area contributed by atoms with Gasteiger partial charge in [0.2, 0.25) is 0 Å². The van der Waals surface area contributed by atoms with Gasteiger partial charge in [-0.05, 0) is 58.1 Å². The van der Waals surface area contributed by atoms with Gasteiger partial charge in [-0.1, -0.05) is 65.5 Å². The highest BCUT2D eigenvalue weighted by atomic mass is 16.5. The molecule has 0 amide bonds. The highest BCUT2D eigenvalue weighted by molar-refractivity contribution is 5.31. The minimum Gasteiger partial charge on any atom is -0.496 e. The van der Waals surface area contributed by atoms with Crippen LogP contribution in [0, 0.1) is 0 Å². The first-order valence-electron chi connectivity index (χ1n) is 12.2. The minimum absolute atomic E-state index is 0.108. The second-order valence-electron chi connectivity index (χ2n) is 10.3. The molecule has 0 spiro atoms. The quantitative estimate of drug-likeness (QED) is 0.193.